The number of guanidine groups is 1. The van der Waals surface area contributed by atoms with E-state index in [9.17, 15) is 8.42 Å². The van der Waals surface area contributed by atoms with Crippen LogP contribution in [0.1, 0.15) is 5.56 Å². The highest BCUT2D eigenvalue weighted by Gasteiger charge is 2.12. The van der Waals surface area contributed by atoms with E-state index in [1.165, 1.54) is 12.1 Å². The normalized spacial score (nSPS) is 11.5. The van der Waals surface area contributed by atoms with Crippen LogP contribution in [0.15, 0.2) is 62.8 Å². The summed E-state index contributed by atoms with van der Waals surface area (Å²) in [5.74, 6) is -0.513. The van der Waals surface area contributed by atoms with Crippen molar-refractivity contribution < 1.29 is 8.42 Å². The lowest BCUT2D eigenvalue weighted by Crippen LogP contribution is -2.24. The summed E-state index contributed by atoms with van der Waals surface area (Å²) in [4.78, 5) is 4.22. The summed E-state index contributed by atoms with van der Waals surface area (Å²) < 4.78 is 26.8. The first-order valence-electron chi connectivity index (χ1n) is 6.13. The van der Waals surface area contributed by atoms with E-state index in [1.54, 1.807) is 24.4 Å². The van der Waals surface area contributed by atoms with Crippen molar-refractivity contribution in [2.45, 2.75) is 4.90 Å². The highest BCUT2D eigenvalue weighted by Crippen LogP contribution is 2.19. The van der Waals surface area contributed by atoms with Gasteiger partial charge >= 0.3 is 0 Å². The molecule has 0 saturated carbocycles. The van der Waals surface area contributed by atoms with Gasteiger partial charge in [-0.05, 0) is 30.3 Å². The number of halogens is 1. The topological polar surface area (TPSA) is 111 Å². The maximum atomic E-state index is 11.8. The zero-order valence-corrected chi connectivity index (χ0v) is 12.9. The molecular weight excluding hydrogens is 324 g/mol. The minimum absolute atomic E-state index is 0.0161. The second-order valence-corrected chi connectivity index (χ2v) is 6.28. The third-order valence-electron chi connectivity index (χ3n) is 2.62. The van der Waals surface area contributed by atoms with E-state index < -0.39 is 16.0 Å². The van der Waals surface area contributed by atoms with Crippen LogP contribution >= 0.6 is 11.6 Å². The molecule has 0 atom stereocenters. The molecule has 0 heterocycles. The number of hydrogen-bond donors (Lipinski definition) is 2. The highest BCUT2D eigenvalue weighted by atomic mass is 35.5. The van der Waals surface area contributed by atoms with Gasteiger partial charge in [0.1, 0.15) is 0 Å². The minimum atomic E-state index is -3.89. The predicted octanol–water partition coefficient (Wildman–Crippen LogP) is 2.05. The average Bonchev–Trinajstić information content (AvgIpc) is 2.45. The average molecular weight is 337 g/mol. The van der Waals surface area contributed by atoms with Crippen molar-refractivity contribution in [1.82, 2.24) is 0 Å². The molecule has 6 nitrogen and oxygen atoms in total. The Labute approximate surface area is 133 Å². The molecule has 8 heteroatoms. The number of nitrogens with zero attached hydrogens (tertiary/aromatic N) is 2. The molecule has 0 aliphatic rings. The van der Waals surface area contributed by atoms with Crippen LogP contribution in [-0.2, 0) is 10.0 Å². The Hall–Kier alpha value is -2.38. The van der Waals surface area contributed by atoms with Crippen LogP contribution in [0.4, 0.5) is 5.69 Å². The molecule has 0 aromatic heterocycles. The zero-order valence-electron chi connectivity index (χ0n) is 11.3. The van der Waals surface area contributed by atoms with Crippen LogP contribution in [0.2, 0.25) is 5.02 Å². The number of aliphatic imine (C=N–C) groups is 1. The molecule has 0 amide bonds. The van der Waals surface area contributed by atoms with Crippen molar-refractivity contribution >= 4 is 39.5 Å². The van der Waals surface area contributed by atoms with Gasteiger partial charge in [0.05, 0.1) is 10.6 Å². The maximum absolute atomic E-state index is 11.8. The van der Waals surface area contributed by atoms with Gasteiger partial charge in [-0.2, -0.15) is 8.42 Å². The van der Waals surface area contributed by atoms with E-state index in [2.05, 4.69) is 9.39 Å². The standard InChI is InChI=1S/C14H13ClN4O2S/c15-13-4-2-1-3-10(13)9-18-11-5-7-12(8-6-11)22(20,21)19-14(16)17/h1-9H,(H4,16,17,19). The first-order chi connectivity index (χ1) is 10.4. The second-order valence-electron chi connectivity index (χ2n) is 4.26. The summed E-state index contributed by atoms with van der Waals surface area (Å²) in [6.07, 6.45) is 1.60. The Balaban J connectivity index is 2.23. The zero-order chi connectivity index (χ0) is 16.2. The molecule has 2 aromatic rings. The van der Waals surface area contributed by atoms with Crippen molar-refractivity contribution in [3.63, 3.8) is 0 Å². The van der Waals surface area contributed by atoms with Gasteiger partial charge in [-0.15, -0.1) is 4.40 Å². The Morgan fingerprint density at radius 2 is 1.68 bits per heavy atom. The fourth-order valence-corrected chi connectivity index (χ4v) is 2.67. The predicted molar refractivity (Wildman–Crippen MR) is 88.1 cm³/mol. The van der Waals surface area contributed by atoms with Gasteiger partial charge < -0.3 is 11.5 Å². The van der Waals surface area contributed by atoms with Gasteiger partial charge in [-0.25, -0.2) is 0 Å². The van der Waals surface area contributed by atoms with Crippen molar-refractivity contribution in [1.29, 1.82) is 0 Å². The summed E-state index contributed by atoms with van der Waals surface area (Å²) in [7, 11) is -3.89. The molecular formula is C14H13ClN4O2S. The van der Waals surface area contributed by atoms with E-state index in [0.29, 0.717) is 10.7 Å². The Bertz CT molecular complexity index is 826. The molecule has 0 saturated heterocycles. The summed E-state index contributed by atoms with van der Waals surface area (Å²) in [6, 6.07) is 13.1. The lowest BCUT2D eigenvalue weighted by molar-refractivity contribution is 0.598. The molecule has 2 aromatic carbocycles. The monoisotopic (exact) mass is 336 g/mol. The third-order valence-corrected chi connectivity index (χ3v) is 4.28. The Morgan fingerprint density at radius 3 is 2.27 bits per heavy atom. The number of hydrogen-bond acceptors (Lipinski definition) is 3. The van der Waals surface area contributed by atoms with Gasteiger partial charge in [0.25, 0.3) is 10.0 Å². The van der Waals surface area contributed by atoms with Gasteiger partial charge in [0, 0.05) is 16.8 Å². The number of sulfonamides is 1. The quantitative estimate of drug-likeness (QED) is 0.657. The maximum Gasteiger partial charge on any atom is 0.285 e. The van der Waals surface area contributed by atoms with Gasteiger partial charge in [0.2, 0.25) is 5.96 Å². The molecule has 0 radical (unpaired) electrons. The first kappa shape index (κ1) is 16.0. The highest BCUT2D eigenvalue weighted by molar-refractivity contribution is 7.90. The van der Waals surface area contributed by atoms with Crippen LogP contribution in [0, 0.1) is 0 Å². The van der Waals surface area contributed by atoms with Crippen LogP contribution in [0.3, 0.4) is 0 Å². The molecule has 2 rings (SSSR count). The van der Waals surface area contributed by atoms with E-state index in [4.69, 9.17) is 23.1 Å². The molecule has 0 unspecified atom stereocenters. The minimum Gasteiger partial charge on any atom is -0.369 e. The first-order valence-corrected chi connectivity index (χ1v) is 7.95. The Kier molecular flexibility index (Phi) is 4.79. The van der Waals surface area contributed by atoms with Gasteiger partial charge in [-0.1, -0.05) is 29.8 Å². The molecule has 4 N–H and O–H groups in total. The SMILES string of the molecule is NC(N)=NS(=O)(=O)c1ccc(N=Cc2ccccc2Cl)cc1. The van der Waals surface area contributed by atoms with Crippen LogP contribution < -0.4 is 11.5 Å². The molecule has 0 spiro atoms. The van der Waals surface area contributed by atoms with E-state index in [-0.39, 0.29) is 4.90 Å². The summed E-state index contributed by atoms with van der Waals surface area (Å²) >= 11 is 6.02. The van der Waals surface area contributed by atoms with Gasteiger partial charge in [0.15, 0.2) is 0 Å². The Morgan fingerprint density at radius 1 is 1.05 bits per heavy atom. The summed E-state index contributed by atoms with van der Waals surface area (Å²) in [5.41, 5.74) is 11.5. The van der Waals surface area contributed by atoms with E-state index in [0.717, 1.165) is 5.56 Å². The van der Waals surface area contributed by atoms with E-state index >= 15 is 0 Å². The third kappa shape index (κ3) is 4.06. The van der Waals surface area contributed by atoms with Crippen LogP contribution in [0.25, 0.3) is 0 Å². The van der Waals surface area contributed by atoms with Crippen molar-refractivity contribution in [2.24, 2.45) is 20.9 Å². The largest absolute Gasteiger partial charge is 0.369 e. The number of rotatable bonds is 4. The molecule has 114 valence electrons. The van der Waals surface area contributed by atoms with Gasteiger partial charge in [-0.3, -0.25) is 4.99 Å². The molecule has 0 aliphatic carbocycles. The molecule has 0 fully saturated rings. The van der Waals surface area contributed by atoms with Crippen LogP contribution in [0.5, 0.6) is 0 Å². The van der Waals surface area contributed by atoms with Crippen LogP contribution in [-0.4, -0.2) is 20.6 Å². The summed E-state index contributed by atoms with van der Waals surface area (Å²) in [5, 5.41) is 0.582. The lowest BCUT2D eigenvalue weighted by Gasteiger charge is -2.00. The van der Waals surface area contributed by atoms with Crippen molar-refractivity contribution in [2.75, 3.05) is 0 Å². The number of nitrogens with two attached hydrogens (primary N) is 2. The molecule has 0 bridgehead atoms. The fourth-order valence-electron chi connectivity index (χ4n) is 1.62. The fraction of sp³-hybridized carbons (Fsp3) is 0. The lowest BCUT2D eigenvalue weighted by atomic mass is 10.2. The summed E-state index contributed by atoms with van der Waals surface area (Å²) in [6.45, 7) is 0. The van der Waals surface area contributed by atoms with E-state index in [1.807, 2.05) is 18.2 Å². The molecule has 0 aliphatic heterocycles. The molecule has 22 heavy (non-hydrogen) atoms. The smallest absolute Gasteiger partial charge is 0.285 e. The second kappa shape index (κ2) is 6.59. The number of benzene rings is 2. The van der Waals surface area contributed by atoms with Crippen molar-refractivity contribution in [3.8, 4) is 0 Å². The van der Waals surface area contributed by atoms with Crippen molar-refractivity contribution in [3.05, 3.63) is 59.1 Å².